The molecular weight excluding hydrogens is 188 g/mol. The molecule has 0 saturated carbocycles. The fraction of sp³-hybridized carbons (Fsp3) is 0.556. The molecule has 1 rings (SSSR count). The zero-order valence-electron chi connectivity index (χ0n) is 7.83. The second-order valence-corrected chi connectivity index (χ2v) is 3.28. The zero-order chi connectivity index (χ0) is 9.68. The smallest absolute Gasteiger partial charge is 0.235 e. The number of hydrogen-bond donors (Lipinski definition) is 0. The number of halogens is 1. The summed E-state index contributed by atoms with van der Waals surface area (Å²) in [6.07, 6.45) is 4.09. The molecule has 0 amide bonds. The first-order valence-electron chi connectivity index (χ1n) is 4.17. The molecule has 0 bridgehead atoms. The van der Waals surface area contributed by atoms with Gasteiger partial charge in [-0.2, -0.15) is 0 Å². The molecule has 13 heavy (non-hydrogen) atoms. The summed E-state index contributed by atoms with van der Waals surface area (Å²) in [5.74, 6) is 1.62. The predicted molar refractivity (Wildman–Crippen MR) is 52.2 cm³/mol. The van der Waals surface area contributed by atoms with E-state index >= 15 is 0 Å². The lowest BCUT2D eigenvalue weighted by Crippen LogP contribution is -2.05. The van der Waals surface area contributed by atoms with Gasteiger partial charge in [-0.3, -0.25) is 4.98 Å². The van der Waals surface area contributed by atoms with E-state index < -0.39 is 0 Å². The maximum atomic E-state index is 5.71. The van der Waals surface area contributed by atoms with Gasteiger partial charge in [-0.05, 0) is 12.3 Å². The van der Waals surface area contributed by atoms with Crippen LogP contribution >= 0.6 is 11.6 Å². The highest BCUT2D eigenvalue weighted by Gasteiger charge is 2.09. The van der Waals surface area contributed by atoms with Crippen LogP contribution in [0, 0.1) is 5.92 Å². The van der Waals surface area contributed by atoms with Crippen molar-refractivity contribution in [2.45, 2.75) is 13.3 Å². The summed E-state index contributed by atoms with van der Waals surface area (Å²) < 4.78 is 5.07. The molecule has 0 spiro atoms. The Hall–Kier alpha value is -0.830. The highest BCUT2D eigenvalue weighted by atomic mass is 35.5. The van der Waals surface area contributed by atoms with Crippen molar-refractivity contribution < 1.29 is 4.74 Å². The van der Waals surface area contributed by atoms with E-state index in [1.54, 1.807) is 19.5 Å². The number of rotatable bonds is 4. The van der Waals surface area contributed by atoms with Crippen molar-refractivity contribution in [3.05, 3.63) is 18.1 Å². The molecular formula is C9H13ClN2O. The van der Waals surface area contributed by atoms with Crippen molar-refractivity contribution in [1.29, 1.82) is 0 Å². The summed E-state index contributed by atoms with van der Waals surface area (Å²) in [5, 5.41) is 0. The maximum Gasteiger partial charge on any atom is 0.235 e. The van der Waals surface area contributed by atoms with Crippen molar-refractivity contribution in [3.63, 3.8) is 0 Å². The quantitative estimate of drug-likeness (QED) is 0.697. The fourth-order valence-corrected chi connectivity index (χ4v) is 1.16. The summed E-state index contributed by atoms with van der Waals surface area (Å²) in [4.78, 5) is 8.25. The van der Waals surface area contributed by atoms with Crippen molar-refractivity contribution in [2.24, 2.45) is 5.92 Å². The molecule has 0 fully saturated rings. The zero-order valence-corrected chi connectivity index (χ0v) is 8.58. The first-order valence-corrected chi connectivity index (χ1v) is 4.71. The molecule has 1 heterocycles. The standard InChI is InChI=1S/C9H13ClN2O/c1-7(6-10)5-8-9(13-2)12-4-3-11-8/h3-4,7H,5-6H2,1-2H3. The van der Waals surface area contributed by atoms with Crippen LogP contribution < -0.4 is 4.74 Å². The Kier molecular flexibility index (Phi) is 3.96. The van der Waals surface area contributed by atoms with Crippen LogP contribution in [0.1, 0.15) is 12.6 Å². The first kappa shape index (κ1) is 10.3. The fourth-order valence-electron chi connectivity index (χ4n) is 1.05. The Morgan fingerprint density at radius 2 is 2.15 bits per heavy atom. The summed E-state index contributed by atoms with van der Waals surface area (Å²) in [6, 6.07) is 0. The van der Waals surface area contributed by atoms with Gasteiger partial charge in [-0.25, -0.2) is 4.98 Å². The van der Waals surface area contributed by atoms with E-state index in [2.05, 4.69) is 16.9 Å². The van der Waals surface area contributed by atoms with E-state index in [-0.39, 0.29) is 0 Å². The summed E-state index contributed by atoms with van der Waals surface area (Å²) in [7, 11) is 1.60. The van der Waals surface area contributed by atoms with Crippen LogP contribution in [0.25, 0.3) is 0 Å². The van der Waals surface area contributed by atoms with Crippen molar-refractivity contribution in [1.82, 2.24) is 9.97 Å². The molecule has 0 aliphatic heterocycles. The van der Waals surface area contributed by atoms with Gasteiger partial charge in [0, 0.05) is 18.3 Å². The van der Waals surface area contributed by atoms with Crippen LogP contribution in [0.4, 0.5) is 0 Å². The van der Waals surface area contributed by atoms with Gasteiger partial charge in [-0.1, -0.05) is 6.92 Å². The highest BCUT2D eigenvalue weighted by Crippen LogP contribution is 2.15. The van der Waals surface area contributed by atoms with E-state index in [1.165, 1.54) is 0 Å². The molecule has 0 N–H and O–H groups in total. The lowest BCUT2D eigenvalue weighted by Gasteiger charge is -2.08. The molecule has 4 heteroatoms. The van der Waals surface area contributed by atoms with E-state index in [0.29, 0.717) is 17.7 Å². The second kappa shape index (κ2) is 5.02. The van der Waals surface area contributed by atoms with E-state index in [9.17, 15) is 0 Å². The Bertz CT molecular complexity index is 268. The van der Waals surface area contributed by atoms with Gasteiger partial charge >= 0.3 is 0 Å². The molecule has 0 saturated heterocycles. The van der Waals surface area contributed by atoms with E-state index in [1.807, 2.05) is 0 Å². The number of ether oxygens (including phenoxy) is 1. The van der Waals surface area contributed by atoms with E-state index in [0.717, 1.165) is 12.1 Å². The topological polar surface area (TPSA) is 35.0 Å². The van der Waals surface area contributed by atoms with Crippen LogP contribution in [0.15, 0.2) is 12.4 Å². The minimum atomic E-state index is 0.396. The van der Waals surface area contributed by atoms with Gasteiger partial charge in [0.15, 0.2) is 0 Å². The molecule has 1 aromatic heterocycles. The van der Waals surface area contributed by atoms with Gasteiger partial charge < -0.3 is 4.74 Å². The summed E-state index contributed by atoms with van der Waals surface area (Å²) >= 11 is 5.71. The Labute approximate surface area is 83.1 Å². The molecule has 3 nitrogen and oxygen atoms in total. The average molecular weight is 201 g/mol. The largest absolute Gasteiger partial charge is 0.480 e. The maximum absolute atomic E-state index is 5.71. The van der Waals surface area contributed by atoms with Gasteiger partial charge in [0.1, 0.15) is 5.69 Å². The van der Waals surface area contributed by atoms with Crippen LogP contribution in [0.2, 0.25) is 0 Å². The molecule has 1 unspecified atom stereocenters. The average Bonchev–Trinajstić information content (AvgIpc) is 2.18. The number of alkyl halides is 1. The molecule has 0 aliphatic carbocycles. The van der Waals surface area contributed by atoms with Crippen molar-refractivity contribution in [2.75, 3.05) is 13.0 Å². The van der Waals surface area contributed by atoms with Crippen LogP contribution in [-0.2, 0) is 6.42 Å². The lowest BCUT2D eigenvalue weighted by atomic mass is 10.1. The van der Waals surface area contributed by atoms with Crippen LogP contribution in [0.5, 0.6) is 5.88 Å². The highest BCUT2D eigenvalue weighted by molar-refractivity contribution is 6.18. The molecule has 0 aromatic carbocycles. The third-order valence-corrected chi connectivity index (χ3v) is 2.26. The van der Waals surface area contributed by atoms with Gasteiger partial charge in [-0.15, -0.1) is 11.6 Å². The monoisotopic (exact) mass is 200 g/mol. The second-order valence-electron chi connectivity index (χ2n) is 2.98. The lowest BCUT2D eigenvalue weighted by molar-refractivity contribution is 0.386. The molecule has 0 radical (unpaired) electrons. The number of methoxy groups -OCH3 is 1. The molecule has 0 aliphatic rings. The van der Waals surface area contributed by atoms with Crippen LogP contribution in [-0.4, -0.2) is 23.0 Å². The van der Waals surface area contributed by atoms with Crippen molar-refractivity contribution >= 4 is 11.6 Å². The Balaban J connectivity index is 2.74. The Morgan fingerprint density at radius 3 is 2.77 bits per heavy atom. The first-order chi connectivity index (χ1) is 6.27. The number of nitrogens with zero attached hydrogens (tertiary/aromatic N) is 2. The van der Waals surface area contributed by atoms with Gasteiger partial charge in [0.25, 0.3) is 0 Å². The number of aromatic nitrogens is 2. The molecule has 1 aromatic rings. The van der Waals surface area contributed by atoms with E-state index in [4.69, 9.17) is 16.3 Å². The van der Waals surface area contributed by atoms with Gasteiger partial charge in [0.2, 0.25) is 5.88 Å². The van der Waals surface area contributed by atoms with Crippen molar-refractivity contribution in [3.8, 4) is 5.88 Å². The number of hydrogen-bond acceptors (Lipinski definition) is 3. The molecule has 1 atom stereocenters. The summed E-state index contributed by atoms with van der Waals surface area (Å²) in [6.45, 7) is 2.07. The minimum Gasteiger partial charge on any atom is -0.480 e. The Morgan fingerprint density at radius 1 is 1.46 bits per heavy atom. The minimum absolute atomic E-state index is 0.396. The predicted octanol–water partition coefficient (Wildman–Crippen LogP) is 1.90. The normalized spacial score (nSPS) is 12.5. The van der Waals surface area contributed by atoms with Gasteiger partial charge in [0.05, 0.1) is 7.11 Å². The SMILES string of the molecule is COc1nccnc1CC(C)CCl. The third kappa shape index (κ3) is 2.84. The van der Waals surface area contributed by atoms with Crippen LogP contribution in [0.3, 0.4) is 0 Å². The third-order valence-electron chi connectivity index (χ3n) is 1.73. The summed E-state index contributed by atoms with van der Waals surface area (Å²) in [5.41, 5.74) is 0.873. The molecule has 72 valence electrons.